The number of hydrogen-bond acceptors (Lipinski definition) is 2. The molecular formula is C16H14FNO2. The molecule has 1 N–H and O–H groups in total. The monoisotopic (exact) mass is 271 g/mol. The van der Waals surface area contributed by atoms with Crippen molar-refractivity contribution in [3.8, 4) is 0 Å². The summed E-state index contributed by atoms with van der Waals surface area (Å²) in [5.74, 6) is -1.64. The van der Waals surface area contributed by atoms with Crippen LogP contribution in [0, 0.1) is 5.82 Å². The molecule has 3 rings (SSSR count). The Morgan fingerprint density at radius 1 is 1.20 bits per heavy atom. The molecule has 1 aliphatic heterocycles. The van der Waals surface area contributed by atoms with E-state index in [4.69, 9.17) is 0 Å². The van der Waals surface area contributed by atoms with E-state index < -0.39 is 11.9 Å². The fourth-order valence-electron chi connectivity index (χ4n) is 2.68. The lowest BCUT2D eigenvalue weighted by atomic mass is 10.0. The van der Waals surface area contributed by atoms with E-state index >= 15 is 0 Å². The number of nitrogens with zero attached hydrogens (tertiary/aromatic N) is 1. The standard InChI is InChI=1S/C16H14FNO2/c17-14-7-3-1-5-11(14)9-18-10-13(16(19)20)12-6-2-4-8-15(12)18/h1-8,13H,9-10H2,(H,19,20). The third-order valence-corrected chi connectivity index (χ3v) is 3.67. The highest BCUT2D eigenvalue weighted by Gasteiger charge is 2.33. The van der Waals surface area contributed by atoms with Crippen molar-refractivity contribution in [2.75, 3.05) is 11.4 Å². The summed E-state index contributed by atoms with van der Waals surface area (Å²) in [7, 11) is 0. The summed E-state index contributed by atoms with van der Waals surface area (Å²) in [5.41, 5.74) is 2.26. The molecule has 102 valence electrons. The smallest absolute Gasteiger partial charge is 0.312 e. The largest absolute Gasteiger partial charge is 0.481 e. The molecule has 0 aromatic heterocycles. The minimum Gasteiger partial charge on any atom is -0.481 e. The van der Waals surface area contributed by atoms with E-state index in [1.807, 2.05) is 29.2 Å². The molecular weight excluding hydrogens is 257 g/mol. The molecule has 0 spiro atoms. The van der Waals surface area contributed by atoms with Gasteiger partial charge in [0.1, 0.15) is 11.7 Å². The molecule has 0 amide bonds. The van der Waals surface area contributed by atoms with Gasteiger partial charge >= 0.3 is 5.97 Å². The topological polar surface area (TPSA) is 40.5 Å². The number of fused-ring (bicyclic) bond motifs is 1. The van der Waals surface area contributed by atoms with Crippen LogP contribution < -0.4 is 4.90 Å². The molecule has 0 radical (unpaired) electrons. The van der Waals surface area contributed by atoms with Crippen molar-refractivity contribution in [2.45, 2.75) is 12.5 Å². The Hall–Kier alpha value is -2.36. The third kappa shape index (κ3) is 2.13. The highest BCUT2D eigenvalue weighted by Crippen LogP contribution is 2.37. The van der Waals surface area contributed by atoms with Crippen LogP contribution >= 0.6 is 0 Å². The predicted octanol–water partition coefficient (Wildman–Crippen LogP) is 3.01. The average Bonchev–Trinajstić information content (AvgIpc) is 2.81. The summed E-state index contributed by atoms with van der Waals surface area (Å²) in [6.45, 7) is 0.760. The maximum atomic E-state index is 13.7. The van der Waals surface area contributed by atoms with E-state index in [2.05, 4.69) is 0 Å². The molecule has 20 heavy (non-hydrogen) atoms. The molecule has 3 nitrogen and oxygen atoms in total. The van der Waals surface area contributed by atoms with Crippen molar-refractivity contribution < 1.29 is 14.3 Å². The molecule has 1 atom stereocenters. The van der Waals surface area contributed by atoms with Crippen LogP contribution in [0.25, 0.3) is 0 Å². The van der Waals surface area contributed by atoms with Gasteiger partial charge in [0, 0.05) is 24.3 Å². The predicted molar refractivity (Wildman–Crippen MR) is 74.3 cm³/mol. The molecule has 0 fully saturated rings. The van der Waals surface area contributed by atoms with E-state index in [0.717, 1.165) is 11.3 Å². The van der Waals surface area contributed by atoms with Crippen LogP contribution in [0.15, 0.2) is 48.5 Å². The normalized spacial score (nSPS) is 17.1. The summed E-state index contributed by atoms with van der Waals surface area (Å²) in [6.07, 6.45) is 0. The van der Waals surface area contributed by atoms with Gasteiger partial charge in [-0.2, -0.15) is 0 Å². The fourth-order valence-corrected chi connectivity index (χ4v) is 2.68. The van der Waals surface area contributed by atoms with E-state index in [1.54, 1.807) is 18.2 Å². The van der Waals surface area contributed by atoms with Gasteiger partial charge in [-0.3, -0.25) is 4.79 Å². The lowest BCUT2D eigenvalue weighted by molar-refractivity contribution is -0.138. The lowest BCUT2D eigenvalue weighted by Gasteiger charge is -2.20. The van der Waals surface area contributed by atoms with Crippen molar-refractivity contribution >= 4 is 11.7 Å². The van der Waals surface area contributed by atoms with E-state index in [-0.39, 0.29) is 5.82 Å². The fraction of sp³-hybridized carbons (Fsp3) is 0.188. The number of anilines is 1. The minimum atomic E-state index is -0.839. The zero-order valence-electron chi connectivity index (χ0n) is 10.8. The Labute approximate surface area is 116 Å². The highest BCUT2D eigenvalue weighted by atomic mass is 19.1. The highest BCUT2D eigenvalue weighted by molar-refractivity contribution is 5.82. The van der Waals surface area contributed by atoms with Crippen LogP contribution in [0.4, 0.5) is 10.1 Å². The van der Waals surface area contributed by atoms with Gasteiger partial charge in [-0.1, -0.05) is 36.4 Å². The molecule has 1 unspecified atom stereocenters. The SMILES string of the molecule is O=C(O)C1CN(Cc2ccccc2F)c2ccccc21. The average molecular weight is 271 g/mol. The molecule has 1 aliphatic rings. The van der Waals surface area contributed by atoms with Gasteiger partial charge in [-0.05, 0) is 17.7 Å². The first-order valence-corrected chi connectivity index (χ1v) is 6.47. The second-order valence-corrected chi connectivity index (χ2v) is 4.92. The van der Waals surface area contributed by atoms with Crippen LogP contribution in [0.3, 0.4) is 0 Å². The zero-order valence-corrected chi connectivity index (χ0v) is 10.8. The Kier molecular flexibility index (Phi) is 3.14. The lowest BCUT2D eigenvalue weighted by Crippen LogP contribution is -2.24. The van der Waals surface area contributed by atoms with Gasteiger partial charge in [0.25, 0.3) is 0 Å². The first kappa shape index (κ1) is 12.7. The van der Waals surface area contributed by atoms with Crippen LogP contribution in [-0.2, 0) is 11.3 Å². The van der Waals surface area contributed by atoms with Crippen LogP contribution in [0.5, 0.6) is 0 Å². The maximum Gasteiger partial charge on any atom is 0.312 e. The molecule has 0 saturated heterocycles. The second-order valence-electron chi connectivity index (χ2n) is 4.92. The van der Waals surface area contributed by atoms with E-state index in [1.165, 1.54) is 6.07 Å². The number of benzene rings is 2. The number of para-hydroxylation sites is 1. The molecule has 1 heterocycles. The van der Waals surface area contributed by atoms with Gasteiger partial charge in [0.2, 0.25) is 0 Å². The molecule has 2 aromatic carbocycles. The van der Waals surface area contributed by atoms with E-state index in [9.17, 15) is 14.3 Å². The summed E-state index contributed by atoms with van der Waals surface area (Å²) >= 11 is 0. The second kappa shape index (κ2) is 4.96. The first-order valence-electron chi connectivity index (χ1n) is 6.47. The minimum absolute atomic E-state index is 0.260. The number of carboxylic acids is 1. The maximum absolute atomic E-state index is 13.7. The summed E-state index contributed by atoms with van der Waals surface area (Å²) < 4.78 is 13.7. The van der Waals surface area contributed by atoms with Gasteiger partial charge in [0.15, 0.2) is 0 Å². The van der Waals surface area contributed by atoms with Crippen molar-refractivity contribution in [2.24, 2.45) is 0 Å². The Balaban J connectivity index is 1.93. The van der Waals surface area contributed by atoms with Gasteiger partial charge in [-0.25, -0.2) is 4.39 Å². The number of rotatable bonds is 3. The molecule has 0 bridgehead atoms. The number of carboxylic acid groups (broad SMARTS) is 1. The molecule has 4 heteroatoms. The van der Waals surface area contributed by atoms with Crippen LogP contribution in [0.2, 0.25) is 0 Å². The summed E-state index contributed by atoms with van der Waals surface area (Å²) in [4.78, 5) is 13.3. The Morgan fingerprint density at radius 3 is 2.65 bits per heavy atom. The number of hydrogen-bond donors (Lipinski definition) is 1. The van der Waals surface area contributed by atoms with Gasteiger partial charge < -0.3 is 10.0 Å². The van der Waals surface area contributed by atoms with Crippen molar-refractivity contribution in [1.29, 1.82) is 0 Å². The molecule has 2 aromatic rings. The number of halogens is 1. The van der Waals surface area contributed by atoms with E-state index in [0.29, 0.717) is 18.7 Å². The molecule has 0 saturated carbocycles. The quantitative estimate of drug-likeness (QED) is 0.933. The van der Waals surface area contributed by atoms with Crippen molar-refractivity contribution in [1.82, 2.24) is 0 Å². The van der Waals surface area contributed by atoms with Gasteiger partial charge in [0.05, 0.1) is 0 Å². The van der Waals surface area contributed by atoms with Crippen LogP contribution in [-0.4, -0.2) is 17.6 Å². The third-order valence-electron chi connectivity index (χ3n) is 3.67. The Bertz CT molecular complexity index is 656. The number of aliphatic carboxylic acids is 1. The van der Waals surface area contributed by atoms with Gasteiger partial charge in [-0.15, -0.1) is 0 Å². The van der Waals surface area contributed by atoms with Crippen molar-refractivity contribution in [3.05, 3.63) is 65.5 Å². The van der Waals surface area contributed by atoms with Crippen molar-refractivity contribution in [3.63, 3.8) is 0 Å². The number of carbonyl (C=O) groups is 1. The first-order chi connectivity index (χ1) is 9.66. The summed E-state index contributed by atoms with van der Waals surface area (Å²) in [5, 5.41) is 9.30. The van der Waals surface area contributed by atoms with Crippen LogP contribution in [0.1, 0.15) is 17.0 Å². The molecule has 0 aliphatic carbocycles. The zero-order chi connectivity index (χ0) is 14.1. The summed E-state index contributed by atoms with van der Waals surface area (Å²) in [6, 6.07) is 14.0. The Morgan fingerprint density at radius 2 is 1.90 bits per heavy atom.